The summed E-state index contributed by atoms with van der Waals surface area (Å²) < 4.78 is 38.1. The van der Waals surface area contributed by atoms with Crippen LogP contribution in [0.15, 0.2) is 48.5 Å². The number of amides is 2. The summed E-state index contributed by atoms with van der Waals surface area (Å²) in [5.74, 6) is -0.767. The molecule has 0 unspecified atom stereocenters. The highest BCUT2D eigenvalue weighted by Crippen LogP contribution is 2.42. The second kappa shape index (κ2) is 16.0. The maximum Gasteiger partial charge on any atom is 0.413 e. The van der Waals surface area contributed by atoms with E-state index in [2.05, 4.69) is 5.32 Å². The van der Waals surface area contributed by atoms with Gasteiger partial charge in [0, 0.05) is 0 Å². The van der Waals surface area contributed by atoms with Crippen LogP contribution in [0.1, 0.15) is 69.1 Å². The van der Waals surface area contributed by atoms with Crippen molar-refractivity contribution < 1.29 is 43.2 Å². The summed E-state index contributed by atoms with van der Waals surface area (Å²) in [5.41, 5.74) is 0.943. The summed E-state index contributed by atoms with van der Waals surface area (Å²) in [6, 6.07) is 11.5. The lowest BCUT2D eigenvalue weighted by atomic mass is 10.0. The lowest BCUT2D eigenvalue weighted by Gasteiger charge is -2.34. The normalized spacial score (nSPS) is 19.3. The molecule has 0 bridgehead atoms. The molecular weight excluding hydrogens is 609 g/mol. The van der Waals surface area contributed by atoms with E-state index in [4.69, 9.17) is 42.9 Å². The largest absolute Gasteiger partial charge is 0.444 e. The van der Waals surface area contributed by atoms with Crippen LogP contribution in [0.25, 0.3) is 0 Å². The molecule has 2 amide bonds. The van der Waals surface area contributed by atoms with Crippen LogP contribution in [0.2, 0.25) is 0 Å². The molecule has 0 spiro atoms. The summed E-state index contributed by atoms with van der Waals surface area (Å²) in [4.78, 5) is 23.8. The zero-order valence-electron chi connectivity index (χ0n) is 24.8. The van der Waals surface area contributed by atoms with Crippen molar-refractivity contribution in [2.24, 2.45) is 0 Å². The van der Waals surface area contributed by atoms with Crippen molar-refractivity contribution >= 4 is 35.2 Å². The summed E-state index contributed by atoms with van der Waals surface area (Å²) >= 11 is 10.7. The fraction of sp³-hybridized carbons (Fsp3) is 0.533. The van der Waals surface area contributed by atoms with Crippen LogP contribution in [-0.4, -0.2) is 73.8 Å². The third-order valence-electron chi connectivity index (χ3n) is 6.49. The lowest BCUT2D eigenvalue weighted by molar-refractivity contribution is -0.121. The Labute approximate surface area is 260 Å². The van der Waals surface area contributed by atoms with Crippen molar-refractivity contribution in [2.45, 2.75) is 88.3 Å². The van der Waals surface area contributed by atoms with Gasteiger partial charge in [-0.25, -0.2) is 13.6 Å². The summed E-state index contributed by atoms with van der Waals surface area (Å²) in [7, 11) is 0. The molecule has 0 saturated carbocycles. The first-order valence-corrected chi connectivity index (χ1v) is 14.4. The van der Waals surface area contributed by atoms with E-state index in [0.29, 0.717) is 11.1 Å². The van der Waals surface area contributed by atoms with Crippen molar-refractivity contribution in [2.75, 3.05) is 13.3 Å². The topological polar surface area (TPSA) is 129 Å². The minimum Gasteiger partial charge on any atom is -0.444 e. The molecule has 2 aromatic rings. The first-order chi connectivity index (χ1) is 20.1. The molecular formula is C30H40Cl2F2N2O7. The van der Waals surface area contributed by atoms with Gasteiger partial charge in [-0.05, 0) is 56.9 Å². The van der Waals surface area contributed by atoms with Crippen LogP contribution in [-0.2, 0) is 27.5 Å². The molecule has 1 aliphatic heterocycles. The highest BCUT2D eigenvalue weighted by Gasteiger charge is 2.51. The van der Waals surface area contributed by atoms with Gasteiger partial charge in [-0.1, -0.05) is 71.7 Å². The Morgan fingerprint density at radius 3 is 1.95 bits per heavy atom. The molecule has 240 valence electrons. The average molecular weight is 650 g/mol. The molecule has 3 rings (SSSR count). The van der Waals surface area contributed by atoms with Crippen molar-refractivity contribution in [3.63, 3.8) is 0 Å². The molecule has 0 radical (unpaired) electrons. The number of aliphatic hydroxyl groups is 3. The van der Waals surface area contributed by atoms with Gasteiger partial charge in [0.05, 0.1) is 25.3 Å². The Bertz CT molecular complexity index is 1180. The predicted octanol–water partition coefficient (Wildman–Crippen LogP) is 5.03. The van der Waals surface area contributed by atoms with Gasteiger partial charge < -0.3 is 30.1 Å². The van der Waals surface area contributed by atoms with Crippen molar-refractivity contribution in [1.29, 1.82) is 0 Å². The number of rotatable bonds is 9. The SMILES string of the molecule is CC(C)(C)OC(=O)N1[C@H](CF)[C@@H](c2ccc(CO)cc2)OC1(C)C.O=C(N[C@H](CF)[C@H](O)c1ccc(CO)cc1)C(Cl)Cl. The van der Waals surface area contributed by atoms with E-state index in [-0.39, 0.29) is 13.2 Å². The first-order valence-electron chi connectivity index (χ1n) is 13.6. The van der Waals surface area contributed by atoms with Crippen LogP contribution in [0.4, 0.5) is 13.6 Å². The third kappa shape index (κ3) is 10.3. The summed E-state index contributed by atoms with van der Waals surface area (Å²) in [6.07, 6.45) is -2.41. The molecule has 2 aromatic carbocycles. The van der Waals surface area contributed by atoms with Crippen molar-refractivity contribution in [3.8, 4) is 0 Å². The number of hydrogen-bond acceptors (Lipinski definition) is 7. The molecule has 1 fully saturated rings. The number of carbonyl (C=O) groups is 2. The van der Waals surface area contributed by atoms with Crippen LogP contribution in [0, 0.1) is 0 Å². The van der Waals surface area contributed by atoms with Gasteiger partial charge in [0.25, 0.3) is 5.91 Å². The van der Waals surface area contributed by atoms with Gasteiger partial charge in [-0.2, -0.15) is 0 Å². The second-order valence-electron chi connectivity index (χ2n) is 11.4. The predicted molar refractivity (Wildman–Crippen MR) is 159 cm³/mol. The summed E-state index contributed by atoms with van der Waals surface area (Å²) in [5, 5.41) is 30.2. The molecule has 1 heterocycles. The lowest BCUT2D eigenvalue weighted by Crippen LogP contribution is -2.50. The van der Waals surface area contributed by atoms with Crippen LogP contribution in [0.5, 0.6) is 0 Å². The number of carbonyl (C=O) groups excluding carboxylic acids is 2. The Balaban J connectivity index is 0.000000309. The maximum atomic E-state index is 13.8. The van der Waals surface area contributed by atoms with E-state index in [1.165, 1.54) is 4.90 Å². The number of ether oxygens (including phenoxy) is 2. The minimum absolute atomic E-state index is 0.0616. The molecule has 0 aliphatic carbocycles. The van der Waals surface area contributed by atoms with E-state index in [1.54, 1.807) is 83.1 Å². The van der Waals surface area contributed by atoms with Gasteiger partial charge >= 0.3 is 6.09 Å². The number of alkyl halides is 4. The number of nitrogens with one attached hydrogen (secondary N) is 1. The van der Waals surface area contributed by atoms with Crippen LogP contribution < -0.4 is 5.32 Å². The van der Waals surface area contributed by atoms with Gasteiger partial charge in [0.15, 0.2) is 4.84 Å². The fourth-order valence-electron chi connectivity index (χ4n) is 4.40. The number of nitrogens with zero attached hydrogens (tertiary/aromatic N) is 1. The molecule has 9 nitrogen and oxygen atoms in total. The molecule has 4 N–H and O–H groups in total. The smallest absolute Gasteiger partial charge is 0.413 e. The van der Waals surface area contributed by atoms with Gasteiger partial charge in [0.2, 0.25) is 0 Å². The minimum atomic E-state index is -1.32. The van der Waals surface area contributed by atoms with E-state index in [9.17, 15) is 23.5 Å². The van der Waals surface area contributed by atoms with Gasteiger partial charge in [0.1, 0.15) is 36.9 Å². The molecule has 0 aromatic heterocycles. The highest BCUT2D eigenvalue weighted by atomic mass is 35.5. The number of halogens is 4. The van der Waals surface area contributed by atoms with Crippen molar-refractivity contribution in [3.05, 3.63) is 70.8 Å². The zero-order chi connectivity index (χ0) is 32.5. The number of aliphatic hydroxyl groups excluding tert-OH is 3. The average Bonchev–Trinajstić information content (AvgIpc) is 3.25. The monoisotopic (exact) mass is 648 g/mol. The van der Waals surface area contributed by atoms with E-state index in [1.807, 2.05) is 0 Å². The molecule has 1 aliphatic rings. The second-order valence-corrected chi connectivity index (χ2v) is 12.5. The van der Waals surface area contributed by atoms with E-state index in [0.717, 1.165) is 11.1 Å². The Morgan fingerprint density at radius 1 is 1.02 bits per heavy atom. The van der Waals surface area contributed by atoms with E-state index < -0.39 is 65.8 Å². The van der Waals surface area contributed by atoms with E-state index >= 15 is 0 Å². The number of hydrogen-bond donors (Lipinski definition) is 4. The maximum absolute atomic E-state index is 13.8. The molecule has 4 atom stereocenters. The number of benzene rings is 2. The fourth-order valence-corrected chi connectivity index (χ4v) is 4.53. The standard InChI is InChI=1S/C18H26FNO4.C12H14Cl2FNO3/c1-17(2,3)24-16(22)20-14(10-19)15(23-18(20,4)5)13-8-6-12(11-21)7-9-13;13-11(14)12(19)16-9(5-15)10(18)8-3-1-7(6-17)2-4-8/h6-9,14-15,21H,10-11H2,1-5H3;1-4,9-11,17-18H,5-6H2,(H,16,19)/t14-,15-;9-,10-/m11/s1. The Kier molecular flexibility index (Phi) is 13.6. The van der Waals surface area contributed by atoms with Crippen LogP contribution >= 0.6 is 23.2 Å². The zero-order valence-corrected chi connectivity index (χ0v) is 26.3. The van der Waals surface area contributed by atoms with Crippen molar-refractivity contribution in [1.82, 2.24) is 10.2 Å². The van der Waals surface area contributed by atoms with Crippen LogP contribution in [0.3, 0.4) is 0 Å². The quantitative estimate of drug-likeness (QED) is 0.281. The molecule has 13 heteroatoms. The Hall–Kier alpha value is -2.54. The Morgan fingerprint density at radius 2 is 1.53 bits per heavy atom. The first kappa shape index (κ1) is 36.7. The molecule has 43 heavy (non-hydrogen) atoms. The molecule has 1 saturated heterocycles. The highest BCUT2D eigenvalue weighted by molar-refractivity contribution is 6.53. The van der Waals surface area contributed by atoms with Gasteiger partial charge in [-0.3, -0.25) is 9.69 Å². The summed E-state index contributed by atoms with van der Waals surface area (Å²) in [6.45, 7) is 6.86. The van der Waals surface area contributed by atoms with Gasteiger partial charge in [-0.15, -0.1) is 0 Å². The third-order valence-corrected chi connectivity index (χ3v) is 6.89.